The van der Waals surface area contributed by atoms with Crippen LogP contribution in [-0.2, 0) is 0 Å². The predicted molar refractivity (Wildman–Crippen MR) is 82.0 cm³/mol. The van der Waals surface area contributed by atoms with Crippen LogP contribution >= 0.6 is 0 Å². The van der Waals surface area contributed by atoms with Gasteiger partial charge in [0.05, 0.1) is 12.7 Å². The van der Waals surface area contributed by atoms with E-state index in [1.165, 1.54) is 12.8 Å². The Balaban J connectivity index is 2.02. The average Bonchev–Trinajstić information content (AvgIpc) is 2.38. The molecule has 112 valence electrons. The second kappa shape index (κ2) is 6.59. The first-order chi connectivity index (χ1) is 9.52. The van der Waals surface area contributed by atoms with Gasteiger partial charge in [0, 0.05) is 18.7 Å². The largest absolute Gasteiger partial charge is 0.493 e. The molecule has 0 radical (unpaired) electrons. The lowest BCUT2D eigenvalue weighted by atomic mass is 9.84. The van der Waals surface area contributed by atoms with Crippen LogP contribution in [-0.4, -0.2) is 36.2 Å². The molecule has 0 aliphatic carbocycles. The van der Waals surface area contributed by atoms with Gasteiger partial charge in [-0.2, -0.15) is 0 Å². The van der Waals surface area contributed by atoms with Gasteiger partial charge < -0.3 is 9.84 Å². The van der Waals surface area contributed by atoms with Crippen LogP contribution in [0.4, 0.5) is 0 Å². The van der Waals surface area contributed by atoms with E-state index < -0.39 is 6.10 Å². The van der Waals surface area contributed by atoms with Crippen LogP contribution in [0.5, 0.6) is 5.75 Å². The van der Waals surface area contributed by atoms with Gasteiger partial charge in [-0.1, -0.05) is 32.0 Å². The van der Waals surface area contributed by atoms with Crippen molar-refractivity contribution in [2.75, 3.05) is 26.2 Å². The number of β-amino-alcohol motifs (C(OH)–C–C–N with tert-alkyl or cyclic N) is 1. The second-order valence-electron chi connectivity index (χ2n) is 6.49. The van der Waals surface area contributed by atoms with E-state index in [0.717, 1.165) is 24.4 Å². The van der Waals surface area contributed by atoms with Gasteiger partial charge in [0.15, 0.2) is 0 Å². The summed E-state index contributed by atoms with van der Waals surface area (Å²) in [5.41, 5.74) is 1.26. The lowest BCUT2D eigenvalue weighted by Gasteiger charge is -2.39. The number of hydrogen-bond acceptors (Lipinski definition) is 3. The molecule has 2 rings (SSSR count). The molecule has 1 aliphatic heterocycles. The predicted octanol–water partition coefficient (Wildman–Crippen LogP) is 3.24. The number of aliphatic hydroxyl groups is 1. The van der Waals surface area contributed by atoms with Crippen LogP contribution in [0.15, 0.2) is 24.3 Å². The number of hydrogen-bond donors (Lipinski definition) is 1. The highest BCUT2D eigenvalue weighted by atomic mass is 16.5. The fraction of sp³-hybridized carbons (Fsp3) is 0.647. The molecule has 1 aliphatic rings. The molecule has 0 saturated carbocycles. The zero-order chi connectivity index (χ0) is 14.6. The minimum atomic E-state index is -0.480. The van der Waals surface area contributed by atoms with Gasteiger partial charge in [0.2, 0.25) is 0 Å². The van der Waals surface area contributed by atoms with Crippen molar-refractivity contribution in [1.29, 1.82) is 0 Å². The van der Waals surface area contributed by atoms with Crippen molar-refractivity contribution < 1.29 is 9.84 Å². The number of aliphatic hydroxyl groups excluding tert-OH is 1. The molecule has 1 aromatic rings. The minimum Gasteiger partial charge on any atom is -0.493 e. The standard InChI is InChI=1S/C17H27NO2/c1-4-20-16-9-6-5-8-14(16)15(19)12-18-11-7-10-17(2,3)13-18/h5-6,8-9,15,19H,4,7,10-13H2,1-3H3. The smallest absolute Gasteiger partial charge is 0.125 e. The van der Waals surface area contributed by atoms with Crippen molar-refractivity contribution in [3.05, 3.63) is 29.8 Å². The Labute approximate surface area is 122 Å². The zero-order valence-corrected chi connectivity index (χ0v) is 12.9. The third-order valence-corrected chi connectivity index (χ3v) is 3.99. The molecule has 3 nitrogen and oxygen atoms in total. The van der Waals surface area contributed by atoms with Gasteiger partial charge >= 0.3 is 0 Å². The van der Waals surface area contributed by atoms with E-state index in [2.05, 4.69) is 18.7 Å². The van der Waals surface area contributed by atoms with Crippen LogP contribution in [0.1, 0.15) is 45.3 Å². The van der Waals surface area contributed by atoms with Crippen molar-refractivity contribution in [3.63, 3.8) is 0 Å². The molecule has 1 heterocycles. The maximum Gasteiger partial charge on any atom is 0.125 e. The number of likely N-dealkylation sites (tertiary alicyclic amines) is 1. The molecule has 1 unspecified atom stereocenters. The van der Waals surface area contributed by atoms with E-state index in [1.54, 1.807) is 0 Å². The van der Waals surface area contributed by atoms with Crippen molar-refractivity contribution >= 4 is 0 Å². The summed E-state index contributed by atoms with van der Waals surface area (Å²) in [6.07, 6.45) is 2.01. The number of piperidine rings is 1. The highest BCUT2D eigenvalue weighted by molar-refractivity contribution is 5.35. The SMILES string of the molecule is CCOc1ccccc1C(O)CN1CCCC(C)(C)C1. The second-order valence-corrected chi connectivity index (χ2v) is 6.49. The monoisotopic (exact) mass is 277 g/mol. The van der Waals surface area contributed by atoms with E-state index in [4.69, 9.17) is 4.74 Å². The Kier molecular flexibility index (Phi) is 5.06. The Morgan fingerprint density at radius 2 is 2.10 bits per heavy atom. The summed E-state index contributed by atoms with van der Waals surface area (Å²) in [4.78, 5) is 2.37. The lowest BCUT2D eigenvalue weighted by molar-refractivity contribution is 0.0585. The minimum absolute atomic E-state index is 0.359. The fourth-order valence-corrected chi connectivity index (χ4v) is 3.09. The van der Waals surface area contributed by atoms with Crippen molar-refractivity contribution in [2.24, 2.45) is 5.41 Å². The molecular formula is C17H27NO2. The summed E-state index contributed by atoms with van der Waals surface area (Å²) in [5.74, 6) is 0.804. The molecule has 0 aromatic heterocycles. The van der Waals surface area contributed by atoms with Crippen LogP contribution < -0.4 is 4.74 Å². The van der Waals surface area contributed by atoms with Crippen molar-refractivity contribution in [2.45, 2.75) is 39.7 Å². The molecule has 1 aromatic carbocycles. The van der Waals surface area contributed by atoms with Crippen LogP contribution in [0.3, 0.4) is 0 Å². The molecule has 20 heavy (non-hydrogen) atoms. The van der Waals surface area contributed by atoms with E-state index in [-0.39, 0.29) is 0 Å². The molecule has 1 fully saturated rings. The van der Waals surface area contributed by atoms with Crippen LogP contribution in [0, 0.1) is 5.41 Å². The van der Waals surface area contributed by atoms with E-state index in [0.29, 0.717) is 18.6 Å². The number of benzene rings is 1. The third-order valence-electron chi connectivity index (χ3n) is 3.99. The van der Waals surface area contributed by atoms with Crippen molar-refractivity contribution in [1.82, 2.24) is 4.90 Å². The van der Waals surface area contributed by atoms with Gasteiger partial charge in [0.25, 0.3) is 0 Å². The van der Waals surface area contributed by atoms with Crippen LogP contribution in [0.2, 0.25) is 0 Å². The quantitative estimate of drug-likeness (QED) is 0.897. The first-order valence-corrected chi connectivity index (χ1v) is 7.64. The summed E-state index contributed by atoms with van der Waals surface area (Å²) in [7, 11) is 0. The van der Waals surface area contributed by atoms with Gasteiger partial charge in [-0.25, -0.2) is 0 Å². The first kappa shape index (κ1) is 15.3. The summed E-state index contributed by atoms with van der Waals surface area (Å²) in [6.45, 7) is 10.0. The molecule has 1 atom stereocenters. The maximum absolute atomic E-state index is 10.5. The Morgan fingerprint density at radius 3 is 2.80 bits per heavy atom. The summed E-state index contributed by atoms with van der Waals surface area (Å²) < 4.78 is 5.61. The molecule has 3 heteroatoms. The number of rotatable bonds is 5. The summed E-state index contributed by atoms with van der Waals surface area (Å²) in [5, 5.41) is 10.5. The molecular weight excluding hydrogens is 250 g/mol. The Hall–Kier alpha value is -1.06. The first-order valence-electron chi connectivity index (χ1n) is 7.64. The van der Waals surface area contributed by atoms with Gasteiger partial charge in [-0.05, 0) is 37.8 Å². The zero-order valence-electron chi connectivity index (χ0n) is 12.9. The fourth-order valence-electron chi connectivity index (χ4n) is 3.09. The molecule has 0 bridgehead atoms. The number of nitrogens with zero attached hydrogens (tertiary/aromatic N) is 1. The molecule has 1 N–H and O–H groups in total. The van der Waals surface area contributed by atoms with E-state index in [1.807, 2.05) is 31.2 Å². The third kappa shape index (κ3) is 3.97. The van der Waals surface area contributed by atoms with Gasteiger partial charge in [-0.15, -0.1) is 0 Å². The summed E-state index contributed by atoms with van der Waals surface area (Å²) in [6, 6.07) is 7.80. The van der Waals surface area contributed by atoms with Gasteiger partial charge in [-0.3, -0.25) is 4.90 Å². The molecule has 1 saturated heterocycles. The van der Waals surface area contributed by atoms with E-state index >= 15 is 0 Å². The van der Waals surface area contributed by atoms with Crippen molar-refractivity contribution in [3.8, 4) is 5.75 Å². The maximum atomic E-state index is 10.5. The topological polar surface area (TPSA) is 32.7 Å². The Morgan fingerprint density at radius 1 is 1.35 bits per heavy atom. The molecule has 0 amide bonds. The molecule has 0 spiro atoms. The highest BCUT2D eigenvalue weighted by Crippen LogP contribution is 2.31. The highest BCUT2D eigenvalue weighted by Gasteiger charge is 2.28. The van der Waals surface area contributed by atoms with Crippen LogP contribution in [0.25, 0.3) is 0 Å². The number of ether oxygens (including phenoxy) is 1. The number of para-hydroxylation sites is 1. The normalized spacial score (nSPS) is 20.6. The Bertz CT molecular complexity index is 431. The summed E-state index contributed by atoms with van der Waals surface area (Å²) >= 11 is 0. The van der Waals surface area contributed by atoms with E-state index in [9.17, 15) is 5.11 Å². The van der Waals surface area contributed by atoms with Gasteiger partial charge in [0.1, 0.15) is 5.75 Å². The average molecular weight is 277 g/mol. The lowest BCUT2D eigenvalue weighted by Crippen LogP contribution is -2.42.